The molecule has 98 valence electrons. The Hall–Kier alpha value is -2.17. The van der Waals surface area contributed by atoms with Crippen LogP contribution in [0.1, 0.15) is 41.4 Å². The summed E-state index contributed by atoms with van der Waals surface area (Å²) in [5, 5.41) is 11.3. The summed E-state index contributed by atoms with van der Waals surface area (Å²) < 4.78 is 2.11. The molecule has 1 aromatic heterocycles. The summed E-state index contributed by atoms with van der Waals surface area (Å²) in [7, 11) is 0. The second kappa shape index (κ2) is 4.84. The Morgan fingerprint density at radius 1 is 1.32 bits per heavy atom. The molecule has 3 rings (SSSR count). The number of carbonyl (C=O) groups is 1. The van der Waals surface area contributed by atoms with E-state index in [2.05, 4.69) is 20.1 Å². The van der Waals surface area contributed by atoms with E-state index in [4.69, 9.17) is 0 Å². The third kappa shape index (κ3) is 2.23. The Morgan fingerprint density at radius 2 is 2.11 bits per heavy atom. The van der Waals surface area contributed by atoms with Crippen LogP contribution in [0.2, 0.25) is 0 Å². The number of hydrogen-bond acceptors (Lipinski definition) is 3. The molecule has 1 aromatic carbocycles. The topological polar surface area (TPSA) is 59.8 Å². The summed E-state index contributed by atoms with van der Waals surface area (Å²) >= 11 is 0. The maximum atomic E-state index is 12.1. The molecule has 5 heteroatoms. The van der Waals surface area contributed by atoms with Gasteiger partial charge in [-0.05, 0) is 25.5 Å². The SMILES string of the molecule is CC(NC(=O)c1ccccc1)c1nnc2n1CCC2. The van der Waals surface area contributed by atoms with Crippen molar-refractivity contribution in [2.24, 2.45) is 0 Å². The highest BCUT2D eigenvalue weighted by molar-refractivity contribution is 5.94. The number of aromatic nitrogens is 3. The van der Waals surface area contributed by atoms with Gasteiger partial charge in [-0.1, -0.05) is 18.2 Å². The molecule has 5 nitrogen and oxygen atoms in total. The fourth-order valence-corrected chi connectivity index (χ4v) is 2.43. The Kier molecular flexibility index (Phi) is 3.03. The second-order valence-corrected chi connectivity index (χ2v) is 4.79. The number of benzene rings is 1. The lowest BCUT2D eigenvalue weighted by Crippen LogP contribution is -2.28. The number of nitrogens with one attached hydrogen (secondary N) is 1. The van der Waals surface area contributed by atoms with E-state index in [-0.39, 0.29) is 11.9 Å². The van der Waals surface area contributed by atoms with Crippen LogP contribution in [0.4, 0.5) is 0 Å². The predicted octanol–water partition coefficient (Wildman–Crippen LogP) is 1.72. The van der Waals surface area contributed by atoms with Crippen LogP contribution < -0.4 is 5.32 Å². The van der Waals surface area contributed by atoms with Crippen LogP contribution in [-0.2, 0) is 13.0 Å². The van der Waals surface area contributed by atoms with Crippen molar-refractivity contribution in [3.8, 4) is 0 Å². The van der Waals surface area contributed by atoms with Crippen molar-refractivity contribution in [3.05, 3.63) is 47.5 Å². The van der Waals surface area contributed by atoms with Crippen molar-refractivity contribution < 1.29 is 4.79 Å². The Labute approximate surface area is 111 Å². The first-order chi connectivity index (χ1) is 9.25. The van der Waals surface area contributed by atoms with Crippen molar-refractivity contribution in [2.75, 3.05) is 0 Å². The first kappa shape index (κ1) is 11.9. The number of rotatable bonds is 3. The van der Waals surface area contributed by atoms with Crippen LogP contribution in [0.3, 0.4) is 0 Å². The summed E-state index contributed by atoms with van der Waals surface area (Å²) in [6, 6.07) is 9.08. The zero-order chi connectivity index (χ0) is 13.2. The molecule has 0 fully saturated rings. The van der Waals surface area contributed by atoms with Crippen molar-refractivity contribution in [1.82, 2.24) is 20.1 Å². The highest BCUT2D eigenvalue weighted by atomic mass is 16.1. The largest absolute Gasteiger partial charge is 0.342 e. The fraction of sp³-hybridized carbons (Fsp3) is 0.357. The first-order valence-electron chi connectivity index (χ1n) is 6.53. The molecule has 0 bridgehead atoms. The summed E-state index contributed by atoms with van der Waals surface area (Å²) in [4.78, 5) is 12.1. The molecule has 0 radical (unpaired) electrons. The van der Waals surface area contributed by atoms with Gasteiger partial charge in [-0.3, -0.25) is 4.79 Å². The van der Waals surface area contributed by atoms with Gasteiger partial charge in [-0.15, -0.1) is 10.2 Å². The van der Waals surface area contributed by atoms with Crippen LogP contribution in [0, 0.1) is 0 Å². The molecule has 1 amide bonds. The highest BCUT2D eigenvalue weighted by Gasteiger charge is 2.22. The average molecular weight is 256 g/mol. The maximum Gasteiger partial charge on any atom is 0.251 e. The summed E-state index contributed by atoms with van der Waals surface area (Å²) in [5.41, 5.74) is 0.663. The van der Waals surface area contributed by atoms with E-state index in [0.29, 0.717) is 5.56 Å². The Balaban J connectivity index is 1.75. The summed E-state index contributed by atoms with van der Waals surface area (Å²) in [6.07, 6.45) is 2.09. The third-order valence-corrected chi connectivity index (χ3v) is 3.41. The number of carbonyl (C=O) groups excluding carboxylic acids is 1. The van der Waals surface area contributed by atoms with Crippen LogP contribution in [0.5, 0.6) is 0 Å². The lowest BCUT2D eigenvalue weighted by molar-refractivity contribution is 0.0937. The molecular formula is C14H16N4O. The predicted molar refractivity (Wildman–Crippen MR) is 70.7 cm³/mol. The molecule has 2 aromatic rings. The normalized spacial score (nSPS) is 15.0. The van der Waals surface area contributed by atoms with Gasteiger partial charge in [0.05, 0.1) is 6.04 Å². The standard InChI is InChI=1S/C14H16N4O/c1-10(13-17-16-12-8-5-9-18(12)13)15-14(19)11-6-3-2-4-7-11/h2-4,6-7,10H,5,8-9H2,1H3,(H,15,19). The van der Waals surface area contributed by atoms with Crippen molar-refractivity contribution in [3.63, 3.8) is 0 Å². The molecule has 1 aliphatic heterocycles. The molecule has 19 heavy (non-hydrogen) atoms. The molecule has 0 saturated heterocycles. The first-order valence-corrected chi connectivity index (χ1v) is 6.53. The molecule has 2 heterocycles. The molecule has 1 atom stereocenters. The number of fused-ring (bicyclic) bond motifs is 1. The summed E-state index contributed by atoms with van der Waals surface area (Å²) in [6.45, 7) is 2.89. The zero-order valence-corrected chi connectivity index (χ0v) is 10.8. The van der Waals surface area contributed by atoms with Gasteiger partial charge in [-0.25, -0.2) is 0 Å². The molecule has 0 spiro atoms. The van der Waals surface area contributed by atoms with Crippen molar-refractivity contribution >= 4 is 5.91 Å². The lowest BCUT2D eigenvalue weighted by Gasteiger charge is -2.13. The van der Waals surface area contributed by atoms with Gasteiger partial charge in [0.1, 0.15) is 5.82 Å². The smallest absolute Gasteiger partial charge is 0.251 e. The molecular weight excluding hydrogens is 240 g/mol. The number of amides is 1. The number of hydrogen-bond donors (Lipinski definition) is 1. The minimum atomic E-state index is -0.132. The van der Waals surface area contributed by atoms with Crippen LogP contribution in [-0.4, -0.2) is 20.7 Å². The van der Waals surface area contributed by atoms with E-state index < -0.39 is 0 Å². The average Bonchev–Trinajstić information content (AvgIpc) is 3.01. The van der Waals surface area contributed by atoms with E-state index in [1.54, 1.807) is 12.1 Å². The van der Waals surface area contributed by atoms with E-state index >= 15 is 0 Å². The number of aryl methyl sites for hydroxylation is 1. The van der Waals surface area contributed by atoms with E-state index in [9.17, 15) is 4.79 Å². The van der Waals surface area contributed by atoms with E-state index in [1.165, 1.54) is 0 Å². The van der Waals surface area contributed by atoms with E-state index in [0.717, 1.165) is 31.0 Å². The lowest BCUT2D eigenvalue weighted by atomic mass is 10.2. The van der Waals surface area contributed by atoms with E-state index in [1.807, 2.05) is 25.1 Å². The van der Waals surface area contributed by atoms with Gasteiger partial charge in [0.25, 0.3) is 5.91 Å². The van der Waals surface area contributed by atoms with Crippen LogP contribution in [0.25, 0.3) is 0 Å². The zero-order valence-electron chi connectivity index (χ0n) is 10.8. The minimum absolute atomic E-state index is 0.0801. The minimum Gasteiger partial charge on any atom is -0.342 e. The maximum absolute atomic E-state index is 12.1. The highest BCUT2D eigenvalue weighted by Crippen LogP contribution is 2.19. The quantitative estimate of drug-likeness (QED) is 0.909. The van der Waals surface area contributed by atoms with Gasteiger partial charge in [0.15, 0.2) is 5.82 Å². The molecule has 1 unspecified atom stereocenters. The van der Waals surface area contributed by atoms with Gasteiger partial charge in [0, 0.05) is 18.5 Å². The van der Waals surface area contributed by atoms with Crippen molar-refractivity contribution in [2.45, 2.75) is 32.4 Å². The molecule has 0 saturated carbocycles. The fourth-order valence-electron chi connectivity index (χ4n) is 2.43. The van der Waals surface area contributed by atoms with Gasteiger partial charge in [-0.2, -0.15) is 0 Å². The monoisotopic (exact) mass is 256 g/mol. The van der Waals surface area contributed by atoms with Crippen LogP contribution in [0.15, 0.2) is 30.3 Å². The number of nitrogens with zero attached hydrogens (tertiary/aromatic N) is 3. The second-order valence-electron chi connectivity index (χ2n) is 4.79. The Morgan fingerprint density at radius 3 is 2.89 bits per heavy atom. The molecule has 1 N–H and O–H groups in total. The summed E-state index contributed by atoms with van der Waals surface area (Å²) in [5.74, 6) is 1.79. The van der Waals surface area contributed by atoms with Crippen LogP contribution >= 0.6 is 0 Å². The molecule has 0 aliphatic carbocycles. The van der Waals surface area contributed by atoms with Gasteiger partial charge in [0.2, 0.25) is 0 Å². The van der Waals surface area contributed by atoms with Crippen molar-refractivity contribution in [1.29, 1.82) is 0 Å². The van der Waals surface area contributed by atoms with Gasteiger partial charge < -0.3 is 9.88 Å². The third-order valence-electron chi connectivity index (χ3n) is 3.41. The Bertz CT molecular complexity index is 591. The molecule has 1 aliphatic rings. The van der Waals surface area contributed by atoms with Gasteiger partial charge >= 0.3 is 0 Å².